The summed E-state index contributed by atoms with van der Waals surface area (Å²) in [6, 6.07) is 0. The number of aliphatic hydroxyl groups is 1. The molecule has 1 fully saturated rings. The monoisotopic (exact) mass is 150 g/mol. The first-order valence-electron chi connectivity index (χ1n) is 4.14. The number of terminal acetylenes is 1. The van der Waals surface area contributed by atoms with Crippen LogP contribution in [0.25, 0.3) is 0 Å². The summed E-state index contributed by atoms with van der Waals surface area (Å²) < 4.78 is 0. The molecule has 0 heterocycles. The fraction of sp³-hybridized carbons (Fsp3) is 0.600. The van der Waals surface area contributed by atoms with Crippen LogP contribution in [0.5, 0.6) is 0 Å². The highest BCUT2D eigenvalue weighted by atomic mass is 16.3. The molecule has 1 aliphatic rings. The Labute approximate surface area is 68.1 Å². The van der Waals surface area contributed by atoms with Gasteiger partial charge in [-0.2, -0.15) is 0 Å². The predicted molar refractivity (Wildman–Crippen MR) is 45.9 cm³/mol. The van der Waals surface area contributed by atoms with Crippen molar-refractivity contribution in [2.45, 2.75) is 31.8 Å². The highest BCUT2D eigenvalue weighted by Gasteiger charge is 2.17. The van der Waals surface area contributed by atoms with Crippen LogP contribution >= 0.6 is 0 Å². The molecule has 0 radical (unpaired) electrons. The third-order valence-electron chi connectivity index (χ3n) is 2.15. The molecule has 0 unspecified atom stereocenters. The first kappa shape index (κ1) is 8.36. The van der Waals surface area contributed by atoms with Gasteiger partial charge in [-0.25, -0.2) is 0 Å². The van der Waals surface area contributed by atoms with E-state index < -0.39 is 0 Å². The van der Waals surface area contributed by atoms with Gasteiger partial charge in [0.25, 0.3) is 0 Å². The Morgan fingerprint density at radius 1 is 1.45 bits per heavy atom. The molecule has 0 saturated heterocycles. The second-order valence-electron chi connectivity index (χ2n) is 3.11. The molecule has 1 heteroatoms. The molecule has 0 aromatic rings. The first-order chi connectivity index (χ1) is 5.33. The molecule has 1 nitrogen and oxygen atoms in total. The summed E-state index contributed by atoms with van der Waals surface area (Å²) in [5.41, 5.74) is 0. The van der Waals surface area contributed by atoms with E-state index in [1.54, 1.807) is 6.08 Å². The summed E-state index contributed by atoms with van der Waals surface area (Å²) in [7, 11) is 0. The zero-order valence-corrected chi connectivity index (χ0v) is 6.66. The number of aliphatic hydroxyl groups excluding tert-OH is 1. The van der Waals surface area contributed by atoms with Crippen molar-refractivity contribution < 1.29 is 5.11 Å². The van der Waals surface area contributed by atoms with Gasteiger partial charge in [0.2, 0.25) is 0 Å². The Morgan fingerprint density at radius 3 is 2.91 bits per heavy atom. The summed E-state index contributed by atoms with van der Waals surface area (Å²) in [5.74, 6) is 2.98. The van der Waals surface area contributed by atoms with Crippen LogP contribution in [0.4, 0.5) is 0 Å². The van der Waals surface area contributed by atoms with Crippen LogP contribution in [0.15, 0.2) is 12.2 Å². The van der Waals surface area contributed by atoms with Crippen molar-refractivity contribution in [3.8, 4) is 12.3 Å². The van der Waals surface area contributed by atoms with Gasteiger partial charge in [-0.1, -0.05) is 18.4 Å². The van der Waals surface area contributed by atoms with Crippen molar-refractivity contribution in [2.24, 2.45) is 5.92 Å². The standard InChI is InChI=1S/C10H14O/c1-2-3-5-9-6-4-7-10(11)8-9/h1,3,5,9-11H,4,6-8H2/b5-3-/t9-,10+/m1/s1. The minimum atomic E-state index is -0.101. The smallest absolute Gasteiger partial charge is 0.0545 e. The van der Waals surface area contributed by atoms with Crippen molar-refractivity contribution >= 4 is 0 Å². The van der Waals surface area contributed by atoms with Crippen LogP contribution in [0.3, 0.4) is 0 Å². The lowest BCUT2D eigenvalue weighted by Crippen LogP contribution is -2.17. The molecule has 60 valence electrons. The van der Waals surface area contributed by atoms with Crippen LogP contribution in [0, 0.1) is 18.3 Å². The van der Waals surface area contributed by atoms with E-state index >= 15 is 0 Å². The van der Waals surface area contributed by atoms with Gasteiger partial charge in [-0.15, -0.1) is 6.42 Å². The lowest BCUT2D eigenvalue weighted by molar-refractivity contribution is 0.113. The highest BCUT2D eigenvalue weighted by Crippen LogP contribution is 2.24. The Hall–Kier alpha value is -0.740. The average Bonchev–Trinajstić information content (AvgIpc) is 2.01. The van der Waals surface area contributed by atoms with Crippen LogP contribution in [0.1, 0.15) is 25.7 Å². The molecule has 0 aromatic carbocycles. The lowest BCUT2D eigenvalue weighted by Gasteiger charge is -2.22. The maximum absolute atomic E-state index is 9.29. The third kappa shape index (κ3) is 2.78. The molecule has 1 saturated carbocycles. The zero-order valence-electron chi connectivity index (χ0n) is 6.66. The van der Waals surface area contributed by atoms with E-state index in [1.807, 2.05) is 6.08 Å². The number of hydrogen-bond donors (Lipinski definition) is 1. The number of hydrogen-bond acceptors (Lipinski definition) is 1. The Bertz CT molecular complexity index is 176. The highest BCUT2D eigenvalue weighted by molar-refractivity contribution is 5.10. The van der Waals surface area contributed by atoms with Gasteiger partial charge in [-0.3, -0.25) is 0 Å². The number of allylic oxidation sites excluding steroid dienone is 2. The van der Waals surface area contributed by atoms with E-state index in [0.29, 0.717) is 5.92 Å². The fourth-order valence-electron chi connectivity index (χ4n) is 1.57. The Kier molecular flexibility index (Phi) is 3.19. The Morgan fingerprint density at radius 2 is 2.27 bits per heavy atom. The molecule has 1 rings (SSSR count). The molecule has 0 bridgehead atoms. The molecule has 1 N–H and O–H groups in total. The van der Waals surface area contributed by atoms with Crippen LogP contribution in [0.2, 0.25) is 0 Å². The van der Waals surface area contributed by atoms with Gasteiger partial charge >= 0.3 is 0 Å². The van der Waals surface area contributed by atoms with Gasteiger partial charge in [0.05, 0.1) is 6.10 Å². The zero-order chi connectivity index (χ0) is 8.10. The lowest BCUT2D eigenvalue weighted by atomic mass is 9.87. The minimum absolute atomic E-state index is 0.101. The van der Waals surface area contributed by atoms with E-state index in [0.717, 1.165) is 19.3 Å². The maximum Gasteiger partial charge on any atom is 0.0545 e. The van der Waals surface area contributed by atoms with E-state index in [4.69, 9.17) is 6.42 Å². The minimum Gasteiger partial charge on any atom is -0.393 e. The second-order valence-corrected chi connectivity index (χ2v) is 3.11. The van der Waals surface area contributed by atoms with E-state index in [2.05, 4.69) is 5.92 Å². The maximum atomic E-state index is 9.29. The van der Waals surface area contributed by atoms with E-state index in [-0.39, 0.29) is 6.10 Å². The fourth-order valence-corrected chi connectivity index (χ4v) is 1.57. The Balaban J connectivity index is 2.35. The van der Waals surface area contributed by atoms with Gasteiger partial charge in [0.1, 0.15) is 0 Å². The predicted octanol–water partition coefficient (Wildman–Crippen LogP) is 1.73. The van der Waals surface area contributed by atoms with Crippen molar-refractivity contribution in [3.05, 3.63) is 12.2 Å². The largest absolute Gasteiger partial charge is 0.393 e. The topological polar surface area (TPSA) is 20.2 Å². The summed E-state index contributed by atoms with van der Waals surface area (Å²) in [5, 5.41) is 9.29. The molecule has 0 aromatic heterocycles. The molecular formula is C10H14O. The third-order valence-corrected chi connectivity index (χ3v) is 2.15. The molecule has 0 spiro atoms. The van der Waals surface area contributed by atoms with E-state index in [9.17, 15) is 5.11 Å². The molecule has 0 amide bonds. The molecule has 2 atom stereocenters. The van der Waals surface area contributed by atoms with Crippen molar-refractivity contribution in [3.63, 3.8) is 0 Å². The van der Waals surface area contributed by atoms with Crippen molar-refractivity contribution in [1.29, 1.82) is 0 Å². The molecule has 11 heavy (non-hydrogen) atoms. The van der Waals surface area contributed by atoms with Crippen molar-refractivity contribution in [1.82, 2.24) is 0 Å². The van der Waals surface area contributed by atoms with Crippen molar-refractivity contribution in [2.75, 3.05) is 0 Å². The summed E-state index contributed by atoms with van der Waals surface area (Å²) in [6.07, 6.45) is 12.9. The second kappa shape index (κ2) is 4.20. The normalized spacial score (nSPS) is 32.0. The SMILES string of the molecule is C#C/C=C\[C@@H]1CCC[C@H](O)C1. The average molecular weight is 150 g/mol. The molecule has 1 aliphatic carbocycles. The van der Waals surface area contributed by atoms with Gasteiger partial charge < -0.3 is 5.11 Å². The summed E-state index contributed by atoms with van der Waals surface area (Å²) >= 11 is 0. The number of rotatable bonds is 1. The van der Waals surface area contributed by atoms with Gasteiger partial charge in [-0.05, 0) is 31.3 Å². The van der Waals surface area contributed by atoms with Gasteiger partial charge in [0, 0.05) is 0 Å². The van der Waals surface area contributed by atoms with Crippen LogP contribution in [-0.2, 0) is 0 Å². The molecular weight excluding hydrogens is 136 g/mol. The first-order valence-corrected chi connectivity index (χ1v) is 4.14. The quantitative estimate of drug-likeness (QED) is 0.564. The summed E-state index contributed by atoms with van der Waals surface area (Å²) in [4.78, 5) is 0. The molecule has 0 aliphatic heterocycles. The summed E-state index contributed by atoms with van der Waals surface area (Å²) in [6.45, 7) is 0. The van der Waals surface area contributed by atoms with E-state index in [1.165, 1.54) is 6.42 Å². The van der Waals surface area contributed by atoms with Gasteiger partial charge in [0.15, 0.2) is 0 Å². The van der Waals surface area contributed by atoms with Crippen LogP contribution in [-0.4, -0.2) is 11.2 Å². The van der Waals surface area contributed by atoms with Crippen LogP contribution < -0.4 is 0 Å².